The molecule has 1 N–H and O–H groups in total. The summed E-state index contributed by atoms with van der Waals surface area (Å²) in [6, 6.07) is 3.04. The zero-order valence-electron chi connectivity index (χ0n) is 14.1. The van der Waals surface area contributed by atoms with E-state index < -0.39 is 4.92 Å². The van der Waals surface area contributed by atoms with Crippen molar-refractivity contribution >= 4 is 17.3 Å². The van der Waals surface area contributed by atoms with E-state index in [0.29, 0.717) is 11.3 Å². The van der Waals surface area contributed by atoms with Crippen LogP contribution in [0.25, 0.3) is 0 Å². The highest BCUT2D eigenvalue weighted by molar-refractivity contribution is 5.96. The van der Waals surface area contributed by atoms with Crippen molar-refractivity contribution < 1.29 is 9.72 Å². The molecule has 1 saturated heterocycles. The SMILES string of the molecule is CCCN1CCCC[C@H]1C(=O)Nc1c(C)ccc([N+](=O)[O-])c1C. The van der Waals surface area contributed by atoms with Crippen molar-refractivity contribution in [2.45, 2.75) is 52.5 Å². The summed E-state index contributed by atoms with van der Waals surface area (Å²) in [6.07, 6.45) is 4.03. The minimum absolute atomic E-state index is 0.0416. The second-order valence-electron chi connectivity index (χ2n) is 6.20. The monoisotopic (exact) mass is 319 g/mol. The highest BCUT2D eigenvalue weighted by Gasteiger charge is 2.29. The Morgan fingerprint density at radius 3 is 2.78 bits per heavy atom. The van der Waals surface area contributed by atoms with Crippen LogP contribution in [0.1, 0.15) is 43.7 Å². The first-order valence-corrected chi connectivity index (χ1v) is 8.25. The van der Waals surface area contributed by atoms with Gasteiger partial charge in [0.25, 0.3) is 5.69 Å². The molecular weight excluding hydrogens is 294 g/mol. The third kappa shape index (κ3) is 3.88. The zero-order chi connectivity index (χ0) is 17.0. The van der Waals surface area contributed by atoms with Crippen LogP contribution in [0.3, 0.4) is 0 Å². The Morgan fingerprint density at radius 2 is 2.13 bits per heavy atom. The van der Waals surface area contributed by atoms with Crippen LogP contribution in [0.4, 0.5) is 11.4 Å². The fourth-order valence-corrected chi connectivity index (χ4v) is 3.28. The molecule has 126 valence electrons. The number of likely N-dealkylation sites (tertiary alicyclic amines) is 1. The number of anilines is 1. The van der Waals surface area contributed by atoms with E-state index in [9.17, 15) is 14.9 Å². The van der Waals surface area contributed by atoms with Gasteiger partial charge in [-0.15, -0.1) is 0 Å². The third-order valence-electron chi connectivity index (χ3n) is 4.52. The minimum atomic E-state index is -0.408. The van der Waals surface area contributed by atoms with Gasteiger partial charge in [0.2, 0.25) is 5.91 Å². The molecule has 1 aromatic rings. The number of nitro groups is 1. The summed E-state index contributed by atoms with van der Waals surface area (Å²) in [5, 5.41) is 14.0. The maximum atomic E-state index is 12.7. The smallest absolute Gasteiger partial charge is 0.274 e. The van der Waals surface area contributed by atoms with E-state index in [2.05, 4.69) is 17.1 Å². The number of nitro benzene ring substituents is 1. The van der Waals surface area contributed by atoms with Crippen LogP contribution in [-0.4, -0.2) is 34.9 Å². The first kappa shape index (κ1) is 17.4. The van der Waals surface area contributed by atoms with Gasteiger partial charge in [0.1, 0.15) is 0 Å². The molecule has 2 rings (SSSR count). The topological polar surface area (TPSA) is 75.5 Å². The standard InChI is InChI=1S/C17H25N3O3/c1-4-10-19-11-6-5-7-15(19)17(21)18-16-12(2)8-9-14(13(16)3)20(22)23/h8-9,15H,4-7,10-11H2,1-3H3,(H,18,21)/t15-/m0/s1. The van der Waals surface area contributed by atoms with Crippen LogP contribution in [0, 0.1) is 24.0 Å². The lowest BCUT2D eigenvalue weighted by Crippen LogP contribution is -2.47. The van der Waals surface area contributed by atoms with Crippen molar-refractivity contribution in [1.29, 1.82) is 0 Å². The quantitative estimate of drug-likeness (QED) is 0.666. The van der Waals surface area contributed by atoms with Crippen LogP contribution in [0.2, 0.25) is 0 Å². The van der Waals surface area contributed by atoms with E-state index >= 15 is 0 Å². The molecule has 1 atom stereocenters. The van der Waals surface area contributed by atoms with Gasteiger partial charge in [0.05, 0.1) is 22.2 Å². The summed E-state index contributed by atoms with van der Waals surface area (Å²) in [5.41, 5.74) is 1.98. The lowest BCUT2D eigenvalue weighted by Gasteiger charge is -2.34. The van der Waals surface area contributed by atoms with Gasteiger partial charge in [0.15, 0.2) is 0 Å². The molecular formula is C17H25N3O3. The summed E-state index contributed by atoms with van der Waals surface area (Å²) in [4.78, 5) is 25.6. The maximum absolute atomic E-state index is 12.7. The molecule has 0 bridgehead atoms. The van der Waals surface area contributed by atoms with E-state index in [4.69, 9.17) is 0 Å². The summed E-state index contributed by atoms with van der Waals surface area (Å²) < 4.78 is 0. The van der Waals surface area contributed by atoms with Gasteiger partial charge in [-0.3, -0.25) is 19.8 Å². The molecule has 23 heavy (non-hydrogen) atoms. The van der Waals surface area contributed by atoms with Crippen molar-refractivity contribution in [1.82, 2.24) is 4.90 Å². The molecule has 1 fully saturated rings. The van der Waals surface area contributed by atoms with Crippen LogP contribution in [0.15, 0.2) is 12.1 Å². The molecule has 0 aliphatic carbocycles. The second kappa shape index (κ2) is 7.55. The number of amides is 1. The first-order valence-electron chi connectivity index (χ1n) is 8.25. The number of carbonyl (C=O) groups excluding carboxylic acids is 1. The first-order chi connectivity index (χ1) is 11.0. The Labute approximate surface area is 137 Å². The van der Waals surface area contributed by atoms with Gasteiger partial charge >= 0.3 is 0 Å². The number of hydrogen-bond acceptors (Lipinski definition) is 4. The van der Waals surface area contributed by atoms with Gasteiger partial charge < -0.3 is 5.32 Å². The van der Waals surface area contributed by atoms with Crippen molar-refractivity contribution in [2.24, 2.45) is 0 Å². The van der Waals surface area contributed by atoms with Gasteiger partial charge in [-0.05, 0) is 51.8 Å². The number of benzene rings is 1. The van der Waals surface area contributed by atoms with Gasteiger partial charge in [-0.2, -0.15) is 0 Å². The Bertz CT molecular complexity index is 599. The van der Waals surface area contributed by atoms with Crippen LogP contribution >= 0.6 is 0 Å². The maximum Gasteiger partial charge on any atom is 0.274 e. The highest BCUT2D eigenvalue weighted by atomic mass is 16.6. The Balaban J connectivity index is 2.22. The summed E-state index contributed by atoms with van der Waals surface area (Å²) in [5.74, 6) is -0.0511. The number of aryl methyl sites for hydroxylation is 1. The summed E-state index contributed by atoms with van der Waals surface area (Å²) in [6.45, 7) is 7.50. The predicted molar refractivity (Wildman–Crippen MR) is 90.7 cm³/mol. The Kier molecular flexibility index (Phi) is 5.71. The molecule has 0 saturated carbocycles. The lowest BCUT2D eigenvalue weighted by molar-refractivity contribution is -0.385. The number of hydrogen-bond donors (Lipinski definition) is 1. The number of rotatable bonds is 5. The molecule has 0 aromatic heterocycles. The fraction of sp³-hybridized carbons (Fsp3) is 0.588. The van der Waals surface area contributed by atoms with E-state index in [1.165, 1.54) is 6.07 Å². The molecule has 0 radical (unpaired) electrons. The molecule has 1 amide bonds. The van der Waals surface area contributed by atoms with E-state index in [1.54, 1.807) is 13.0 Å². The number of nitrogens with one attached hydrogen (secondary N) is 1. The average Bonchev–Trinajstić information content (AvgIpc) is 2.51. The van der Waals surface area contributed by atoms with Crippen LogP contribution < -0.4 is 5.32 Å². The van der Waals surface area contributed by atoms with E-state index in [0.717, 1.165) is 44.3 Å². The molecule has 6 nitrogen and oxygen atoms in total. The number of nitrogens with zero attached hydrogens (tertiary/aromatic N) is 2. The lowest BCUT2D eigenvalue weighted by atomic mass is 10.00. The van der Waals surface area contributed by atoms with Crippen molar-refractivity contribution in [3.8, 4) is 0 Å². The van der Waals surface area contributed by atoms with Crippen molar-refractivity contribution in [3.63, 3.8) is 0 Å². The van der Waals surface area contributed by atoms with Crippen LogP contribution in [-0.2, 0) is 4.79 Å². The summed E-state index contributed by atoms with van der Waals surface area (Å²) in [7, 11) is 0. The minimum Gasteiger partial charge on any atom is -0.324 e. The highest BCUT2D eigenvalue weighted by Crippen LogP contribution is 2.29. The number of carbonyl (C=O) groups is 1. The molecule has 0 unspecified atom stereocenters. The fourth-order valence-electron chi connectivity index (χ4n) is 3.28. The number of piperidine rings is 1. The molecule has 1 aromatic carbocycles. The average molecular weight is 319 g/mol. The van der Waals surface area contributed by atoms with Crippen molar-refractivity contribution in [2.75, 3.05) is 18.4 Å². The van der Waals surface area contributed by atoms with E-state index in [-0.39, 0.29) is 17.6 Å². The largest absolute Gasteiger partial charge is 0.324 e. The molecule has 1 aliphatic heterocycles. The van der Waals surface area contributed by atoms with Gasteiger partial charge in [-0.25, -0.2) is 0 Å². The van der Waals surface area contributed by atoms with Gasteiger partial charge in [0, 0.05) is 6.07 Å². The van der Waals surface area contributed by atoms with Gasteiger partial charge in [-0.1, -0.05) is 19.4 Å². The summed E-state index contributed by atoms with van der Waals surface area (Å²) >= 11 is 0. The Hall–Kier alpha value is -1.95. The van der Waals surface area contributed by atoms with E-state index in [1.807, 2.05) is 6.92 Å². The molecule has 0 spiro atoms. The zero-order valence-corrected chi connectivity index (χ0v) is 14.1. The molecule has 1 aliphatic rings. The third-order valence-corrected chi connectivity index (χ3v) is 4.52. The predicted octanol–water partition coefficient (Wildman–Crippen LogP) is 3.41. The molecule has 6 heteroatoms. The molecule has 1 heterocycles. The van der Waals surface area contributed by atoms with Crippen molar-refractivity contribution in [3.05, 3.63) is 33.4 Å². The normalized spacial score (nSPS) is 18.7. The Morgan fingerprint density at radius 1 is 1.39 bits per heavy atom. The second-order valence-corrected chi connectivity index (χ2v) is 6.20. The van der Waals surface area contributed by atoms with Crippen LogP contribution in [0.5, 0.6) is 0 Å².